The molecule has 1 N–H and O–H groups in total. The molecule has 0 amide bonds. The van der Waals surface area contributed by atoms with Crippen LogP contribution in [0.2, 0.25) is 0 Å². The molecule has 3 heteroatoms. The SMILES string of the molecule is CCCNC(CSc1ccoc1C)C1CCCC1. The first kappa shape index (κ1) is 14.0. The summed E-state index contributed by atoms with van der Waals surface area (Å²) in [6.45, 7) is 5.44. The van der Waals surface area contributed by atoms with Crippen molar-refractivity contribution < 1.29 is 4.42 Å². The first-order chi connectivity index (χ1) is 8.81. The summed E-state index contributed by atoms with van der Waals surface area (Å²) in [5.74, 6) is 3.11. The minimum Gasteiger partial charge on any atom is -0.468 e. The highest BCUT2D eigenvalue weighted by molar-refractivity contribution is 7.99. The molecule has 1 saturated carbocycles. The van der Waals surface area contributed by atoms with Gasteiger partial charge in [-0.1, -0.05) is 19.8 Å². The first-order valence-electron chi connectivity index (χ1n) is 7.21. The Morgan fingerprint density at radius 3 is 2.83 bits per heavy atom. The smallest absolute Gasteiger partial charge is 0.114 e. The van der Waals surface area contributed by atoms with Gasteiger partial charge in [-0.2, -0.15) is 0 Å². The zero-order chi connectivity index (χ0) is 12.8. The van der Waals surface area contributed by atoms with E-state index in [-0.39, 0.29) is 0 Å². The molecular weight excluding hydrogens is 242 g/mol. The third-order valence-corrected chi connectivity index (χ3v) is 5.12. The van der Waals surface area contributed by atoms with Crippen molar-refractivity contribution in [3.05, 3.63) is 18.1 Å². The van der Waals surface area contributed by atoms with Crippen molar-refractivity contribution in [1.29, 1.82) is 0 Å². The van der Waals surface area contributed by atoms with Crippen molar-refractivity contribution in [3.63, 3.8) is 0 Å². The molecule has 1 fully saturated rings. The van der Waals surface area contributed by atoms with Crippen LogP contribution >= 0.6 is 11.8 Å². The average Bonchev–Trinajstić information content (AvgIpc) is 3.01. The minimum absolute atomic E-state index is 0.673. The van der Waals surface area contributed by atoms with E-state index in [1.54, 1.807) is 6.26 Å². The van der Waals surface area contributed by atoms with E-state index in [0.717, 1.165) is 18.2 Å². The third kappa shape index (κ3) is 3.79. The summed E-state index contributed by atoms with van der Waals surface area (Å²) in [5.41, 5.74) is 0. The molecule has 1 aliphatic rings. The van der Waals surface area contributed by atoms with Crippen LogP contribution in [0.4, 0.5) is 0 Å². The number of nitrogens with one attached hydrogen (secondary N) is 1. The molecule has 1 aliphatic carbocycles. The van der Waals surface area contributed by atoms with Gasteiger partial charge >= 0.3 is 0 Å². The molecule has 0 spiro atoms. The molecule has 1 heterocycles. The maximum Gasteiger partial charge on any atom is 0.114 e. The average molecular weight is 267 g/mol. The molecule has 2 rings (SSSR count). The van der Waals surface area contributed by atoms with Gasteiger partial charge in [0.2, 0.25) is 0 Å². The van der Waals surface area contributed by atoms with Crippen molar-refractivity contribution in [1.82, 2.24) is 5.32 Å². The molecule has 1 unspecified atom stereocenters. The van der Waals surface area contributed by atoms with Crippen LogP contribution in [0.1, 0.15) is 44.8 Å². The third-order valence-electron chi connectivity index (χ3n) is 3.86. The van der Waals surface area contributed by atoms with E-state index < -0.39 is 0 Å². The van der Waals surface area contributed by atoms with Gasteiger partial charge in [0.05, 0.1) is 6.26 Å². The first-order valence-corrected chi connectivity index (χ1v) is 8.20. The van der Waals surface area contributed by atoms with Crippen LogP contribution in [-0.4, -0.2) is 18.3 Å². The number of thioether (sulfide) groups is 1. The molecule has 0 radical (unpaired) electrons. The number of furan rings is 1. The Bertz CT molecular complexity index is 344. The second-order valence-corrected chi connectivity index (χ2v) is 6.32. The predicted octanol–water partition coefficient (Wildman–Crippen LogP) is 4.24. The lowest BCUT2D eigenvalue weighted by atomic mass is 10.00. The highest BCUT2D eigenvalue weighted by atomic mass is 32.2. The molecule has 0 saturated heterocycles. The predicted molar refractivity (Wildman–Crippen MR) is 78.2 cm³/mol. The number of rotatable bonds is 7. The molecule has 1 aromatic rings. The summed E-state index contributed by atoms with van der Waals surface area (Å²) in [6, 6.07) is 2.76. The van der Waals surface area contributed by atoms with Crippen molar-refractivity contribution in [2.75, 3.05) is 12.3 Å². The standard InChI is InChI=1S/C15H25NOS/c1-3-9-16-14(13-6-4-5-7-13)11-18-15-8-10-17-12(15)2/h8,10,13-14,16H,3-7,9,11H2,1-2H3. The Labute approximate surface area is 115 Å². The molecule has 1 atom stereocenters. The second-order valence-electron chi connectivity index (χ2n) is 5.26. The van der Waals surface area contributed by atoms with E-state index >= 15 is 0 Å². The molecule has 0 aliphatic heterocycles. The highest BCUT2D eigenvalue weighted by Gasteiger charge is 2.24. The zero-order valence-electron chi connectivity index (χ0n) is 11.6. The van der Waals surface area contributed by atoms with E-state index in [1.807, 2.05) is 18.7 Å². The van der Waals surface area contributed by atoms with E-state index in [1.165, 1.54) is 42.8 Å². The molecule has 0 aromatic carbocycles. The molecule has 102 valence electrons. The van der Waals surface area contributed by atoms with Crippen LogP contribution in [0, 0.1) is 12.8 Å². The maximum absolute atomic E-state index is 5.36. The van der Waals surface area contributed by atoms with Gasteiger partial charge < -0.3 is 9.73 Å². The van der Waals surface area contributed by atoms with Crippen LogP contribution in [-0.2, 0) is 0 Å². The Hall–Kier alpha value is -0.410. The molecule has 18 heavy (non-hydrogen) atoms. The van der Waals surface area contributed by atoms with Gasteiger partial charge in [0.25, 0.3) is 0 Å². The molecule has 1 aromatic heterocycles. The Morgan fingerprint density at radius 1 is 1.44 bits per heavy atom. The van der Waals surface area contributed by atoms with Gasteiger partial charge in [0.15, 0.2) is 0 Å². The fourth-order valence-corrected chi connectivity index (χ4v) is 3.91. The van der Waals surface area contributed by atoms with Crippen LogP contribution in [0.5, 0.6) is 0 Å². The molecule has 0 bridgehead atoms. The lowest BCUT2D eigenvalue weighted by Crippen LogP contribution is -2.37. The number of hydrogen-bond donors (Lipinski definition) is 1. The van der Waals surface area contributed by atoms with E-state index in [4.69, 9.17) is 4.42 Å². The summed E-state index contributed by atoms with van der Waals surface area (Å²) in [6.07, 6.45) is 8.67. The van der Waals surface area contributed by atoms with E-state index in [9.17, 15) is 0 Å². The summed E-state index contributed by atoms with van der Waals surface area (Å²) in [4.78, 5) is 1.30. The summed E-state index contributed by atoms with van der Waals surface area (Å²) in [5, 5.41) is 3.74. The van der Waals surface area contributed by atoms with Gasteiger partial charge in [-0.15, -0.1) is 11.8 Å². The number of hydrogen-bond acceptors (Lipinski definition) is 3. The van der Waals surface area contributed by atoms with Crippen molar-refractivity contribution in [2.45, 2.75) is 56.9 Å². The Morgan fingerprint density at radius 2 is 2.22 bits per heavy atom. The Balaban J connectivity index is 1.86. The summed E-state index contributed by atoms with van der Waals surface area (Å²) >= 11 is 1.94. The number of aryl methyl sites for hydroxylation is 1. The maximum atomic E-state index is 5.36. The van der Waals surface area contributed by atoms with Gasteiger partial charge in [0, 0.05) is 16.7 Å². The van der Waals surface area contributed by atoms with E-state index in [2.05, 4.69) is 18.3 Å². The zero-order valence-corrected chi connectivity index (χ0v) is 12.4. The topological polar surface area (TPSA) is 25.2 Å². The lowest BCUT2D eigenvalue weighted by Gasteiger charge is -2.24. The minimum atomic E-state index is 0.673. The van der Waals surface area contributed by atoms with Crippen molar-refractivity contribution in [2.24, 2.45) is 5.92 Å². The largest absolute Gasteiger partial charge is 0.468 e. The van der Waals surface area contributed by atoms with Gasteiger partial charge in [-0.05, 0) is 44.7 Å². The summed E-state index contributed by atoms with van der Waals surface area (Å²) in [7, 11) is 0. The lowest BCUT2D eigenvalue weighted by molar-refractivity contribution is 0.388. The molecule has 2 nitrogen and oxygen atoms in total. The highest BCUT2D eigenvalue weighted by Crippen LogP contribution is 2.31. The van der Waals surface area contributed by atoms with Crippen LogP contribution < -0.4 is 5.32 Å². The summed E-state index contributed by atoms with van der Waals surface area (Å²) < 4.78 is 5.36. The quantitative estimate of drug-likeness (QED) is 0.748. The van der Waals surface area contributed by atoms with Gasteiger partial charge in [0.1, 0.15) is 5.76 Å². The fraction of sp³-hybridized carbons (Fsp3) is 0.733. The Kier molecular flexibility index (Phi) is 5.64. The van der Waals surface area contributed by atoms with Crippen molar-refractivity contribution >= 4 is 11.8 Å². The fourth-order valence-electron chi connectivity index (χ4n) is 2.75. The van der Waals surface area contributed by atoms with Gasteiger partial charge in [-0.3, -0.25) is 0 Å². The van der Waals surface area contributed by atoms with Crippen molar-refractivity contribution in [3.8, 4) is 0 Å². The van der Waals surface area contributed by atoms with E-state index in [0.29, 0.717) is 6.04 Å². The van der Waals surface area contributed by atoms with Gasteiger partial charge in [-0.25, -0.2) is 0 Å². The van der Waals surface area contributed by atoms with Crippen LogP contribution in [0.15, 0.2) is 21.6 Å². The van der Waals surface area contributed by atoms with Crippen LogP contribution in [0.3, 0.4) is 0 Å². The monoisotopic (exact) mass is 267 g/mol. The molecular formula is C15H25NOS. The normalized spacial score (nSPS) is 18.3. The second kappa shape index (κ2) is 7.25. The van der Waals surface area contributed by atoms with Crippen LogP contribution in [0.25, 0.3) is 0 Å².